The zero-order chi connectivity index (χ0) is 16.0. The van der Waals surface area contributed by atoms with Gasteiger partial charge in [0.05, 0.1) is 18.2 Å². The number of nitrogens with one attached hydrogen (secondary N) is 2. The number of amidine groups is 1. The van der Waals surface area contributed by atoms with Gasteiger partial charge in [0.1, 0.15) is 11.4 Å². The lowest BCUT2D eigenvalue weighted by Gasteiger charge is -2.11. The molecule has 1 heterocycles. The van der Waals surface area contributed by atoms with Crippen LogP contribution in [0.25, 0.3) is 0 Å². The lowest BCUT2D eigenvalue weighted by atomic mass is 10.3. The summed E-state index contributed by atoms with van der Waals surface area (Å²) in [6.07, 6.45) is 4.47. The highest BCUT2D eigenvalue weighted by atomic mass is 32.2. The molecule has 0 aliphatic carbocycles. The normalized spacial score (nSPS) is 12.0. The molecule has 0 bridgehead atoms. The predicted molar refractivity (Wildman–Crippen MR) is 80.9 cm³/mol. The minimum Gasteiger partial charge on any atom is -0.497 e. The van der Waals surface area contributed by atoms with Crippen LogP contribution in [0.2, 0.25) is 0 Å². The van der Waals surface area contributed by atoms with E-state index < -0.39 is 10.0 Å². The highest BCUT2D eigenvalue weighted by Crippen LogP contribution is 2.14. The number of rotatable bonds is 5. The van der Waals surface area contributed by atoms with Gasteiger partial charge in [0.15, 0.2) is 5.84 Å². The Morgan fingerprint density at radius 1 is 1.23 bits per heavy atom. The molecule has 2 N–H and O–H groups in total. The summed E-state index contributed by atoms with van der Waals surface area (Å²) in [6.45, 7) is 0. The lowest BCUT2D eigenvalue weighted by Crippen LogP contribution is -2.42. The molecule has 1 aromatic carbocycles. The molecule has 0 fully saturated rings. The Kier molecular flexibility index (Phi) is 5.02. The van der Waals surface area contributed by atoms with Crippen LogP contribution in [0.1, 0.15) is 5.69 Å². The fraction of sp³-hybridized carbons (Fsp3) is 0.154. The number of aromatic nitrogens is 2. The quantitative estimate of drug-likeness (QED) is 0.467. The standard InChI is InChI=1S/C13H15N5O3S/c1-14-13(12-9-15-7-8-16-12)17-18-22(19,20)11-5-3-10(21-2)4-6-11/h3-9,18H,1-2H3,(H,14,17). The maximum absolute atomic E-state index is 12.2. The number of hydrogen-bond acceptors (Lipinski definition) is 6. The van der Waals surface area contributed by atoms with Gasteiger partial charge in [0.2, 0.25) is 0 Å². The van der Waals surface area contributed by atoms with Gasteiger partial charge >= 0.3 is 0 Å². The van der Waals surface area contributed by atoms with Crippen LogP contribution in [0.3, 0.4) is 0 Å². The van der Waals surface area contributed by atoms with E-state index in [-0.39, 0.29) is 10.7 Å². The zero-order valence-corrected chi connectivity index (χ0v) is 12.8. The molecule has 0 saturated carbocycles. The summed E-state index contributed by atoms with van der Waals surface area (Å²) < 4.78 is 29.3. The van der Waals surface area contributed by atoms with E-state index in [9.17, 15) is 8.42 Å². The number of nitrogens with zero attached hydrogens (tertiary/aromatic N) is 3. The molecular formula is C13H15N5O3S. The third-order valence-electron chi connectivity index (χ3n) is 2.70. The number of hydrogen-bond donors (Lipinski definition) is 2. The summed E-state index contributed by atoms with van der Waals surface area (Å²) in [5.74, 6) is 0.826. The molecule has 2 aromatic rings. The molecule has 0 spiro atoms. The summed E-state index contributed by atoms with van der Waals surface area (Å²) in [4.78, 5) is 14.2. The van der Waals surface area contributed by atoms with Gasteiger partial charge in [-0.25, -0.2) is 13.4 Å². The van der Waals surface area contributed by atoms with E-state index in [1.54, 1.807) is 12.1 Å². The van der Waals surface area contributed by atoms with Crippen molar-refractivity contribution in [1.29, 1.82) is 0 Å². The number of aliphatic imine (C=N–C) groups is 1. The van der Waals surface area contributed by atoms with E-state index >= 15 is 0 Å². The molecule has 9 heteroatoms. The topological polar surface area (TPSA) is 106 Å². The van der Waals surface area contributed by atoms with Gasteiger partial charge < -0.3 is 4.74 Å². The third-order valence-corrected chi connectivity index (χ3v) is 3.97. The Labute approximate surface area is 128 Å². The maximum Gasteiger partial charge on any atom is 0.257 e. The molecule has 0 amide bonds. The average molecular weight is 321 g/mol. The fourth-order valence-corrected chi connectivity index (χ4v) is 2.43. The van der Waals surface area contributed by atoms with Crippen molar-refractivity contribution in [3.05, 3.63) is 48.5 Å². The minimum absolute atomic E-state index is 0.0930. The van der Waals surface area contributed by atoms with E-state index in [1.165, 1.54) is 44.9 Å². The van der Waals surface area contributed by atoms with E-state index in [0.29, 0.717) is 11.4 Å². The number of methoxy groups -OCH3 is 1. The SMILES string of the molecule is CN=C(NNS(=O)(=O)c1ccc(OC)cc1)c1cnccn1. The fourth-order valence-electron chi connectivity index (χ4n) is 1.59. The third kappa shape index (κ3) is 3.77. The predicted octanol–water partition coefficient (Wildman–Crippen LogP) is 0.345. The molecule has 8 nitrogen and oxygen atoms in total. The molecule has 0 unspecified atom stereocenters. The molecule has 22 heavy (non-hydrogen) atoms. The van der Waals surface area contributed by atoms with Gasteiger partial charge in [-0.05, 0) is 24.3 Å². The van der Waals surface area contributed by atoms with E-state index in [1.807, 2.05) is 0 Å². The second kappa shape index (κ2) is 6.96. The van der Waals surface area contributed by atoms with Gasteiger partial charge in [0.25, 0.3) is 10.0 Å². The molecule has 116 valence electrons. The molecule has 0 aliphatic rings. The monoisotopic (exact) mass is 321 g/mol. The van der Waals surface area contributed by atoms with Crippen LogP contribution in [-0.2, 0) is 10.0 Å². The van der Waals surface area contributed by atoms with Crippen LogP contribution in [0.4, 0.5) is 0 Å². The summed E-state index contributed by atoms with van der Waals surface area (Å²) >= 11 is 0. The molecule has 0 radical (unpaired) electrons. The Hall–Kier alpha value is -2.52. The molecule has 1 aromatic heterocycles. The Balaban J connectivity index is 2.11. The average Bonchev–Trinajstić information content (AvgIpc) is 2.56. The van der Waals surface area contributed by atoms with Gasteiger partial charge in [-0.3, -0.25) is 15.4 Å². The lowest BCUT2D eigenvalue weighted by molar-refractivity contribution is 0.414. The van der Waals surface area contributed by atoms with Crippen LogP contribution >= 0.6 is 0 Å². The molecule has 0 atom stereocenters. The second-order valence-electron chi connectivity index (χ2n) is 4.07. The van der Waals surface area contributed by atoms with Crippen LogP contribution in [0.15, 0.2) is 52.7 Å². The first-order chi connectivity index (χ1) is 10.6. The van der Waals surface area contributed by atoms with Crippen molar-refractivity contribution in [3.63, 3.8) is 0 Å². The number of hydrazine groups is 1. The first kappa shape index (κ1) is 15.9. The second-order valence-corrected chi connectivity index (χ2v) is 5.75. The van der Waals surface area contributed by atoms with Gasteiger partial charge in [-0.2, -0.15) is 0 Å². The van der Waals surface area contributed by atoms with E-state index in [4.69, 9.17) is 4.74 Å². The van der Waals surface area contributed by atoms with Crippen molar-refractivity contribution >= 4 is 15.9 Å². The van der Waals surface area contributed by atoms with Gasteiger partial charge in [0, 0.05) is 19.4 Å². The highest BCUT2D eigenvalue weighted by molar-refractivity contribution is 7.89. The summed E-state index contributed by atoms with van der Waals surface area (Å²) in [5.41, 5.74) is 2.95. The first-order valence-corrected chi connectivity index (χ1v) is 7.70. The Morgan fingerprint density at radius 3 is 2.50 bits per heavy atom. The molecule has 0 saturated heterocycles. The van der Waals surface area contributed by atoms with E-state index in [0.717, 1.165) is 0 Å². The van der Waals surface area contributed by atoms with E-state index in [2.05, 4.69) is 25.2 Å². The molecule has 0 aliphatic heterocycles. The molecular weight excluding hydrogens is 306 g/mol. The number of benzene rings is 1. The van der Waals surface area contributed by atoms with Crippen LogP contribution < -0.4 is 15.0 Å². The summed E-state index contributed by atoms with van der Waals surface area (Å²) in [5, 5.41) is 0. The zero-order valence-electron chi connectivity index (χ0n) is 12.0. The van der Waals surface area contributed by atoms with Crippen molar-refractivity contribution < 1.29 is 13.2 Å². The largest absolute Gasteiger partial charge is 0.497 e. The Bertz CT molecular complexity index is 745. The van der Waals surface area contributed by atoms with Gasteiger partial charge in [-0.15, -0.1) is 4.83 Å². The van der Waals surface area contributed by atoms with Crippen molar-refractivity contribution in [2.45, 2.75) is 4.90 Å². The summed E-state index contributed by atoms with van der Waals surface area (Å²) in [7, 11) is -0.723. The summed E-state index contributed by atoms with van der Waals surface area (Å²) in [6, 6.07) is 6.00. The van der Waals surface area contributed by atoms with Crippen LogP contribution in [-0.4, -0.2) is 38.4 Å². The molecule has 2 rings (SSSR count). The maximum atomic E-state index is 12.2. The van der Waals surface area contributed by atoms with Crippen molar-refractivity contribution in [2.75, 3.05) is 14.2 Å². The van der Waals surface area contributed by atoms with Crippen LogP contribution in [0.5, 0.6) is 5.75 Å². The Morgan fingerprint density at radius 2 is 1.95 bits per heavy atom. The first-order valence-electron chi connectivity index (χ1n) is 6.22. The highest BCUT2D eigenvalue weighted by Gasteiger charge is 2.15. The van der Waals surface area contributed by atoms with Gasteiger partial charge in [-0.1, -0.05) is 0 Å². The smallest absolute Gasteiger partial charge is 0.257 e. The van der Waals surface area contributed by atoms with Crippen molar-refractivity contribution in [1.82, 2.24) is 20.2 Å². The van der Waals surface area contributed by atoms with Crippen molar-refractivity contribution in [2.24, 2.45) is 4.99 Å². The number of sulfonamides is 1. The number of ether oxygens (including phenoxy) is 1. The van der Waals surface area contributed by atoms with Crippen LogP contribution in [0, 0.1) is 0 Å². The minimum atomic E-state index is -3.74. The van der Waals surface area contributed by atoms with Crippen molar-refractivity contribution in [3.8, 4) is 5.75 Å².